The van der Waals surface area contributed by atoms with Gasteiger partial charge in [-0.15, -0.1) is 0 Å². The molecule has 0 aliphatic carbocycles. The van der Waals surface area contributed by atoms with Crippen molar-refractivity contribution in [2.75, 3.05) is 26.7 Å². The van der Waals surface area contributed by atoms with Gasteiger partial charge in [0.15, 0.2) is 5.28 Å². The molecule has 0 N–H and O–H groups in total. The van der Waals surface area contributed by atoms with E-state index in [0.717, 1.165) is 5.56 Å². The number of nitrogens with zero attached hydrogens (tertiary/aromatic N) is 4. The number of hydrogen-bond donors (Lipinski definition) is 0. The minimum Gasteiger partial charge on any atom is -0.597 e. The number of carbonyl (C=O) groups excluding carboxylic acids is 1. The molecule has 1 amide bonds. The van der Waals surface area contributed by atoms with E-state index in [1.807, 2.05) is 6.92 Å². The topological polar surface area (TPSA) is 105 Å². The van der Waals surface area contributed by atoms with Crippen LogP contribution in [0.3, 0.4) is 0 Å². The molecule has 1 aliphatic heterocycles. The molecule has 0 spiro atoms. The molecule has 1 atom stereocenters. The van der Waals surface area contributed by atoms with Gasteiger partial charge in [-0.25, -0.2) is 8.42 Å². The standard InChI is InChI=1S/C20H22Cl2N4O5S/c1-14-4-7-16(8-5-14)32(29,30)25-11-3-10-24(19(27)13-26(28)23-31-2)20(25)17-9-6-15(21)12-18(17)22/h4-9,12,20H,3,10-11,13H2,1-2H3/b26-23-. The van der Waals surface area contributed by atoms with Crippen molar-refractivity contribution >= 4 is 39.1 Å². The van der Waals surface area contributed by atoms with Crippen molar-refractivity contribution < 1.29 is 22.9 Å². The number of benzene rings is 2. The lowest BCUT2D eigenvalue weighted by atomic mass is 10.1. The van der Waals surface area contributed by atoms with Gasteiger partial charge in [-0.1, -0.05) is 47.0 Å². The van der Waals surface area contributed by atoms with Gasteiger partial charge in [0.2, 0.25) is 10.0 Å². The van der Waals surface area contributed by atoms with Crippen molar-refractivity contribution in [3.8, 4) is 0 Å². The lowest BCUT2D eigenvalue weighted by molar-refractivity contribution is -0.547. The first kappa shape index (κ1) is 24.2. The van der Waals surface area contributed by atoms with E-state index in [4.69, 9.17) is 23.2 Å². The lowest BCUT2D eigenvalue weighted by Crippen LogP contribution is -2.53. The Hall–Kier alpha value is -2.40. The van der Waals surface area contributed by atoms with Crippen molar-refractivity contribution in [2.24, 2.45) is 5.28 Å². The Labute approximate surface area is 196 Å². The van der Waals surface area contributed by atoms with Crippen LogP contribution < -0.4 is 0 Å². The van der Waals surface area contributed by atoms with Gasteiger partial charge in [0.25, 0.3) is 12.5 Å². The molecule has 9 nitrogen and oxygen atoms in total. The van der Waals surface area contributed by atoms with Crippen LogP contribution in [0.4, 0.5) is 0 Å². The molecule has 1 aliphatic rings. The molecule has 32 heavy (non-hydrogen) atoms. The highest BCUT2D eigenvalue weighted by Crippen LogP contribution is 2.38. The zero-order chi connectivity index (χ0) is 23.5. The molecule has 2 aromatic carbocycles. The lowest BCUT2D eigenvalue weighted by Gasteiger charge is -2.43. The molecular formula is C20H22Cl2N4O5S. The van der Waals surface area contributed by atoms with Crippen molar-refractivity contribution in [1.29, 1.82) is 0 Å². The molecule has 2 aromatic rings. The third kappa shape index (κ3) is 5.15. The number of sulfonamides is 1. The van der Waals surface area contributed by atoms with Crippen LogP contribution in [0.25, 0.3) is 0 Å². The predicted octanol–water partition coefficient (Wildman–Crippen LogP) is 3.75. The fraction of sp³-hybridized carbons (Fsp3) is 0.350. The maximum absolute atomic E-state index is 13.6. The largest absolute Gasteiger partial charge is 0.597 e. The molecule has 1 fully saturated rings. The van der Waals surface area contributed by atoms with Gasteiger partial charge in [0.05, 0.1) is 4.90 Å². The van der Waals surface area contributed by atoms with Gasteiger partial charge in [-0.05, 0) is 42.5 Å². The van der Waals surface area contributed by atoms with E-state index < -0.39 is 28.6 Å². The van der Waals surface area contributed by atoms with Gasteiger partial charge < -0.3 is 14.9 Å². The van der Waals surface area contributed by atoms with Gasteiger partial charge in [0, 0.05) is 28.7 Å². The predicted molar refractivity (Wildman–Crippen MR) is 119 cm³/mol. The first-order valence-corrected chi connectivity index (χ1v) is 11.9. The van der Waals surface area contributed by atoms with Crippen LogP contribution in [0.15, 0.2) is 52.6 Å². The Morgan fingerprint density at radius 2 is 1.91 bits per heavy atom. The average molecular weight is 501 g/mol. The third-order valence-corrected chi connectivity index (χ3v) is 7.41. The molecule has 0 bridgehead atoms. The van der Waals surface area contributed by atoms with Crippen LogP contribution in [0.1, 0.15) is 23.7 Å². The molecule has 172 valence electrons. The van der Waals surface area contributed by atoms with Gasteiger partial charge in [0.1, 0.15) is 13.3 Å². The minimum absolute atomic E-state index is 0.0901. The zero-order valence-corrected chi connectivity index (χ0v) is 19.8. The second-order valence-electron chi connectivity index (χ2n) is 7.18. The van der Waals surface area contributed by atoms with E-state index in [0.29, 0.717) is 17.0 Å². The normalized spacial score (nSPS) is 17.9. The maximum Gasteiger partial charge on any atom is 0.293 e. The smallest absolute Gasteiger partial charge is 0.293 e. The van der Waals surface area contributed by atoms with Crippen LogP contribution >= 0.6 is 23.2 Å². The summed E-state index contributed by atoms with van der Waals surface area (Å²) >= 11 is 12.4. The summed E-state index contributed by atoms with van der Waals surface area (Å²) in [7, 11) is -2.82. The summed E-state index contributed by atoms with van der Waals surface area (Å²) in [5, 5.41) is 15.5. The number of carbonyl (C=O) groups is 1. The van der Waals surface area contributed by atoms with Crippen LogP contribution in [0, 0.1) is 12.1 Å². The van der Waals surface area contributed by atoms with Gasteiger partial charge in [-0.2, -0.15) is 4.31 Å². The van der Waals surface area contributed by atoms with Gasteiger partial charge in [-0.3, -0.25) is 4.79 Å². The molecule has 1 saturated heterocycles. The minimum atomic E-state index is -4.00. The average Bonchev–Trinajstić information content (AvgIpc) is 2.74. The Morgan fingerprint density at radius 1 is 1.22 bits per heavy atom. The number of rotatable bonds is 6. The van der Waals surface area contributed by atoms with Crippen LogP contribution in [-0.4, -0.2) is 55.1 Å². The monoisotopic (exact) mass is 500 g/mol. The first-order chi connectivity index (χ1) is 15.1. The van der Waals surface area contributed by atoms with E-state index >= 15 is 0 Å². The van der Waals surface area contributed by atoms with E-state index in [2.05, 4.69) is 10.1 Å². The highest BCUT2D eigenvalue weighted by Gasteiger charge is 2.42. The summed E-state index contributed by atoms with van der Waals surface area (Å²) in [6.45, 7) is 1.60. The molecule has 0 radical (unpaired) electrons. The van der Waals surface area contributed by atoms with E-state index in [1.165, 1.54) is 34.5 Å². The van der Waals surface area contributed by atoms with Crippen molar-refractivity contribution in [3.63, 3.8) is 0 Å². The summed E-state index contributed by atoms with van der Waals surface area (Å²) in [6.07, 6.45) is -0.693. The van der Waals surface area contributed by atoms with E-state index in [1.54, 1.807) is 24.3 Å². The number of hydroxylamine groups is 1. The number of amides is 1. The molecule has 0 saturated carbocycles. The summed E-state index contributed by atoms with van der Waals surface area (Å²) in [6, 6.07) is 11.1. The van der Waals surface area contributed by atoms with Crippen molar-refractivity contribution in [2.45, 2.75) is 24.4 Å². The maximum atomic E-state index is 13.6. The Kier molecular flexibility index (Phi) is 7.60. The third-order valence-electron chi connectivity index (χ3n) is 4.98. The number of hydrogen-bond acceptors (Lipinski definition) is 6. The summed E-state index contributed by atoms with van der Waals surface area (Å²) in [4.78, 5) is 18.9. The second kappa shape index (κ2) is 10.0. The Morgan fingerprint density at radius 3 is 2.53 bits per heavy atom. The fourth-order valence-electron chi connectivity index (χ4n) is 3.52. The highest BCUT2D eigenvalue weighted by molar-refractivity contribution is 7.89. The zero-order valence-electron chi connectivity index (χ0n) is 17.4. The molecular weight excluding hydrogens is 479 g/mol. The van der Waals surface area contributed by atoms with Crippen molar-refractivity contribution in [3.05, 3.63) is 68.8 Å². The van der Waals surface area contributed by atoms with Crippen LogP contribution in [0.5, 0.6) is 0 Å². The second-order valence-corrected chi connectivity index (χ2v) is 9.92. The van der Waals surface area contributed by atoms with Crippen LogP contribution in [-0.2, 0) is 19.7 Å². The highest BCUT2D eigenvalue weighted by atomic mass is 35.5. The van der Waals surface area contributed by atoms with E-state index in [9.17, 15) is 18.4 Å². The van der Waals surface area contributed by atoms with Crippen LogP contribution in [0.2, 0.25) is 10.0 Å². The SMILES string of the molecule is CO/N=[N+](\[O-])CC(=O)N1CCCN(S(=O)(=O)c2ccc(C)cc2)C1c1ccc(Cl)cc1Cl. The summed E-state index contributed by atoms with van der Waals surface area (Å²) in [5.74, 6) is -0.624. The van der Waals surface area contributed by atoms with Crippen molar-refractivity contribution in [1.82, 2.24) is 9.21 Å². The molecule has 3 rings (SSSR count). The fourth-order valence-corrected chi connectivity index (χ4v) is 5.63. The van der Waals surface area contributed by atoms with E-state index in [-0.39, 0.29) is 27.9 Å². The molecule has 1 unspecified atom stereocenters. The number of aryl methyl sites for hydroxylation is 1. The first-order valence-electron chi connectivity index (χ1n) is 9.67. The summed E-state index contributed by atoms with van der Waals surface area (Å²) < 4.78 is 28.3. The van der Waals surface area contributed by atoms with Gasteiger partial charge >= 0.3 is 0 Å². The Balaban J connectivity index is 2.09. The molecule has 12 heteroatoms. The molecule has 1 heterocycles. The number of halogens is 2. The Bertz CT molecular complexity index is 1130. The summed E-state index contributed by atoms with van der Waals surface area (Å²) in [5.41, 5.74) is 1.29. The quantitative estimate of drug-likeness (QED) is 0.341. The molecule has 0 aromatic heterocycles.